The first-order chi connectivity index (χ1) is 7.26. The van der Waals surface area contributed by atoms with Crippen LogP contribution < -0.4 is 5.32 Å². The Labute approximate surface area is 91.2 Å². The molecule has 0 fully saturated rings. The van der Waals surface area contributed by atoms with Crippen molar-refractivity contribution in [3.8, 4) is 6.07 Å². The maximum atomic E-state index is 8.64. The number of benzene rings is 1. The number of likely N-dealkylation sites (N-methyl/N-ethyl adjacent to an activating group) is 1. The summed E-state index contributed by atoms with van der Waals surface area (Å²) in [4.78, 5) is 0. The molecule has 2 nitrogen and oxygen atoms in total. The van der Waals surface area contributed by atoms with Gasteiger partial charge in [-0.05, 0) is 31.2 Å². The molecule has 0 aliphatic carbocycles. The van der Waals surface area contributed by atoms with E-state index in [-0.39, 0.29) is 0 Å². The average molecular weight is 200 g/mol. The lowest BCUT2D eigenvalue weighted by Crippen LogP contribution is -2.22. The van der Waals surface area contributed by atoms with Crippen LogP contribution in [0.1, 0.15) is 25.0 Å². The first-order valence-corrected chi connectivity index (χ1v) is 5.18. The zero-order valence-corrected chi connectivity index (χ0v) is 9.20. The lowest BCUT2D eigenvalue weighted by molar-refractivity contribution is 0.663. The van der Waals surface area contributed by atoms with Crippen LogP contribution in [-0.2, 0) is 0 Å². The van der Waals surface area contributed by atoms with E-state index in [2.05, 4.69) is 37.4 Å². The lowest BCUT2D eigenvalue weighted by Gasteiger charge is -2.05. The van der Waals surface area contributed by atoms with Crippen molar-refractivity contribution in [1.82, 2.24) is 5.32 Å². The van der Waals surface area contributed by atoms with Gasteiger partial charge in [-0.25, -0.2) is 0 Å². The third kappa shape index (κ3) is 3.97. The van der Waals surface area contributed by atoms with Crippen molar-refractivity contribution in [2.75, 3.05) is 6.54 Å². The van der Waals surface area contributed by atoms with Crippen molar-refractivity contribution in [2.45, 2.75) is 19.9 Å². The monoisotopic (exact) mass is 200 g/mol. The predicted octanol–water partition coefficient (Wildman–Crippen LogP) is 2.57. The van der Waals surface area contributed by atoms with Crippen molar-refractivity contribution in [3.05, 3.63) is 41.5 Å². The van der Waals surface area contributed by atoms with Crippen LogP contribution in [0.3, 0.4) is 0 Å². The number of nitrogens with one attached hydrogen (secondary N) is 1. The number of hydrogen-bond donors (Lipinski definition) is 1. The second-order valence-corrected chi connectivity index (χ2v) is 3.44. The molecule has 0 saturated carbocycles. The van der Waals surface area contributed by atoms with E-state index in [0.29, 0.717) is 11.6 Å². The highest BCUT2D eigenvalue weighted by molar-refractivity contribution is 5.51. The molecule has 0 aromatic heterocycles. The summed E-state index contributed by atoms with van der Waals surface area (Å²) < 4.78 is 0. The van der Waals surface area contributed by atoms with Crippen molar-refractivity contribution in [1.29, 1.82) is 5.26 Å². The molecule has 0 spiro atoms. The van der Waals surface area contributed by atoms with Crippen LogP contribution >= 0.6 is 0 Å². The van der Waals surface area contributed by atoms with Crippen LogP contribution in [-0.4, -0.2) is 12.6 Å². The van der Waals surface area contributed by atoms with E-state index in [1.165, 1.54) is 0 Å². The topological polar surface area (TPSA) is 35.8 Å². The van der Waals surface area contributed by atoms with E-state index in [4.69, 9.17) is 5.26 Å². The smallest absolute Gasteiger partial charge is 0.0991 e. The molecule has 1 atom stereocenters. The van der Waals surface area contributed by atoms with E-state index >= 15 is 0 Å². The van der Waals surface area contributed by atoms with Crippen LogP contribution in [0.5, 0.6) is 0 Å². The lowest BCUT2D eigenvalue weighted by atomic mass is 10.1. The summed E-state index contributed by atoms with van der Waals surface area (Å²) in [5, 5.41) is 11.9. The largest absolute Gasteiger partial charge is 0.311 e. The maximum Gasteiger partial charge on any atom is 0.0991 e. The van der Waals surface area contributed by atoms with Gasteiger partial charge in [0.1, 0.15) is 0 Å². The molecule has 0 bridgehead atoms. The predicted molar refractivity (Wildman–Crippen MR) is 63.3 cm³/mol. The Kier molecular flexibility index (Phi) is 4.59. The van der Waals surface area contributed by atoms with Crippen LogP contribution in [0, 0.1) is 11.3 Å². The van der Waals surface area contributed by atoms with Gasteiger partial charge in [-0.15, -0.1) is 0 Å². The summed E-state index contributed by atoms with van der Waals surface area (Å²) in [6, 6.07) is 10.0. The Morgan fingerprint density at radius 2 is 2.07 bits per heavy atom. The highest BCUT2D eigenvalue weighted by Gasteiger charge is 1.93. The molecule has 1 aromatic carbocycles. The third-order valence-corrected chi connectivity index (χ3v) is 2.14. The van der Waals surface area contributed by atoms with Crippen molar-refractivity contribution >= 4 is 6.08 Å². The molecule has 2 heteroatoms. The molecule has 1 aromatic rings. The zero-order valence-electron chi connectivity index (χ0n) is 9.20. The average Bonchev–Trinajstić information content (AvgIpc) is 2.27. The van der Waals surface area contributed by atoms with Gasteiger partial charge in [0.25, 0.3) is 0 Å². The van der Waals surface area contributed by atoms with Crippen molar-refractivity contribution < 1.29 is 0 Å². The molecule has 1 N–H and O–H groups in total. The minimum absolute atomic E-state index is 0.380. The first-order valence-electron chi connectivity index (χ1n) is 5.18. The molecule has 0 heterocycles. The number of nitrogens with zero attached hydrogens (tertiary/aromatic N) is 1. The molecular formula is C13H16N2. The molecule has 1 rings (SSSR count). The standard InChI is InChI=1S/C13H16N2/c1-3-15-11(2)4-5-12-6-8-13(10-14)9-7-12/h4-9,11,15H,3H2,1-2H3/b5-4+. The van der Waals surface area contributed by atoms with Gasteiger partial charge in [0.15, 0.2) is 0 Å². The second-order valence-electron chi connectivity index (χ2n) is 3.44. The van der Waals surface area contributed by atoms with Crippen LogP contribution in [0.2, 0.25) is 0 Å². The van der Waals surface area contributed by atoms with Gasteiger partial charge in [0.05, 0.1) is 11.6 Å². The Morgan fingerprint density at radius 3 is 2.60 bits per heavy atom. The minimum atomic E-state index is 0.380. The van der Waals surface area contributed by atoms with Gasteiger partial charge in [-0.3, -0.25) is 0 Å². The van der Waals surface area contributed by atoms with Gasteiger partial charge < -0.3 is 5.32 Å². The Hall–Kier alpha value is -1.59. The van der Waals surface area contributed by atoms with Crippen LogP contribution in [0.15, 0.2) is 30.3 Å². The Morgan fingerprint density at radius 1 is 1.40 bits per heavy atom. The van der Waals surface area contributed by atoms with Crippen LogP contribution in [0.25, 0.3) is 6.08 Å². The fourth-order valence-corrected chi connectivity index (χ4v) is 1.31. The van der Waals surface area contributed by atoms with E-state index < -0.39 is 0 Å². The molecule has 0 saturated heterocycles. The molecule has 0 aliphatic rings. The highest BCUT2D eigenvalue weighted by atomic mass is 14.9. The third-order valence-electron chi connectivity index (χ3n) is 2.14. The Balaban J connectivity index is 2.61. The molecule has 78 valence electrons. The maximum absolute atomic E-state index is 8.64. The molecule has 0 aliphatic heterocycles. The molecule has 15 heavy (non-hydrogen) atoms. The normalized spacial score (nSPS) is 12.6. The highest BCUT2D eigenvalue weighted by Crippen LogP contribution is 2.05. The van der Waals surface area contributed by atoms with Gasteiger partial charge >= 0.3 is 0 Å². The van der Waals surface area contributed by atoms with Gasteiger partial charge in [-0.2, -0.15) is 5.26 Å². The fourth-order valence-electron chi connectivity index (χ4n) is 1.31. The molecule has 0 amide bonds. The van der Waals surface area contributed by atoms with E-state index in [0.717, 1.165) is 12.1 Å². The molecular weight excluding hydrogens is 184 g/mol. The van der Waals surface area contributed by atoms with Gasteiger partial charge in [0, 0.05) is 6.04 Å². The first kappa shape index (κ1) is 11.5. The second kappa shape index (κ2) is 6.00. The summed E-state index contributed by atoms with van der Waals surface area (Å²) >= 11 is 0. The summed E-state index contributed by atoms with van der Waals surface area (Å²) in [6.45, 7) is 5.18. The van der Waals surface area contributed by atoms with E-state index in [1.807, 2.05) is 24.3 Å². The number of hydrogen-bond acceptors (Lipinski definition) is 2. The molecule has 1 unspecified atom stereocenters. The summed E-state index contributed by atoms with van der Waals surface area (Å²) in [6.07, 6.45) is 4.18. The summed E-state index contributed by atoms with van der Waals surface area (Å²) in [7, 11) is 0. The summed E-state index contributed by atoms with van der Waals surface area (Å²) in [5.41, 5.74) is 1.82. The number of rotatable bonds is 4. The zero-order chi connectivity index (χ0) is 11.1. The van der Waals surface area contributed by atoms with E-state index in [9.17, 15) is 0 Å². The summed E-state index contributed by atoms with van der Waals surface area (Å²) in [5.74, 6) is 0. The SMILES string of the molecule is CCNC(C)/C=C/c1ccc(C#N)cc1. The quantitative estimate of drug-likeness (QED) is 0.810. The Bertz CT molecular complexity index is 357. The number of nitriles is 1. The van der Waals surface area contributed by atoms with E-state index in [1.54, 1.807) is 0 Å². The fraction of sp³-hybridized carbons (Fsp3) is 0.308. The van der Waals surface area contributed by atoms with Gasteiger partial charge in [-0.1, -0.05) is 31.2 Å². The van der Waals surface area contributed by atoms with Crippen molar-refractivity contribution in [3.63, 3.8) is 0 Å². The minimum Gasteiger partial charge on any atom is -0.311 e. The van der Waals surface area contributed by atoms with Crippen molar-refractivity contribution in [2.24, 2.45) is 0 Å². The van der Waals surface area contributed by atoms with Crippen LogP contribution in [0.4, 0.5) is 0 Å². The molecule has 0 radical (unpaired) electrons. The van der Waals surface area contributed by atoms with Gasteiger partial charge in [0.2, 0.25) is 0 Å².